The van der Waals surface area contributed by atoms with E-state index in [1.807, 2.05) is 12.1 Å². The molecule has 2 heterocycles. The summed E-state index contributed by atoms with van der Waals surface area (Å²) in [5.41, 5.74) is 1.22. The molecule has 1 amide bonds. The van der Waals surface area contributed by atoms with Crippen molar-refractivity contribution in [3.8, 4) is 22.1 Å². The molecule has 0 saturated heterocycles. The van der Waals surface area contributed by atoms with Crippen LogP contribution in [0.4, 0.5) is 5.13 Å². The highest BCUT2D eigenvalue weighted by molar-refractivity contribution is 7.18. The van der Waals surface area contributed by atoms with Crippen molar-refractivity contribution in [3.05, 3.63) is 71.5 Å². The summed E-state index contributed by atoms with van der Waals surface area (Å²) in [7, 11) is 1.79. The minimum Gasteiger partial charge on any atom is -0.453 e. The summed E-state index contributed by atoms with van der Waals surface area (Å²) in [5.74, 6) is 0.628. The molecule has 9 heteroatoms. The van der Waals surface area contributed by atoms with Gasteiger partial charge in [-0.25, -0.2) is 0 Å². The molecule has 4 aromatic rings. The number of carbonyl (C=O) groups excluding carboxylic acids is 1. The van der Waals surface area contributed by atoms with Crippen molar-refractivity contribution in [2.75, 3.05) is 5.32 Å². The van der Waals surface area contributed by atoms with Crippen molar-refractivity contribution >= 4 is 34.0 Å². The molecule has 2 aromatic carbocycles. The molecule has 4 rings (SSSR count). The van der Waals surface area contributed by atoms with E-state index in [1.165, 1.54) is 11.3 Å². The molecule has 0 aliphatic rings. The van der Waals surface area contributed by atoms with Crippen molar-refractivity contribution in [1.82, 2.24) is 20.0 Å². The number of aryl methyl sites for hydroxylation is 1. The summed E-state index contributed by atoms with van der Waals surface area (Å²) in [6, 6.07) is 14.3. The standard InChI is InChI=1S/C19H14ClN5O2S/c1-25-11-14(10-21-25)27-16-8-3-2-7-15(16)17(26)22-19-24-23-18(28-19)12-5-4-6-13(20)9-12/h2-11H,1H3,(H,22,24,26). The van der Waals surface area contributed by atoms with Crippen molar-refractivity contribution in [2.24, 2.45) is 7.05 Å². The van der Waals surface area contributed by atoms with Gasteiger partial charge in [0.2, 0.25) is 5.13 Å². The lowest BCUT2D eigenvalue weighted by Gasteiger charge is -2.08. The Morgan fingerprint density at radius 1 is 1.18 bits per heavy atom. The van der Waals surface area contributed by atoms with E-state index in [0.29, 0.717) is 32.2 Å². The Kier molecular flexibility index (Phi) is 5.05. The number of amides is 1. The van der Waals surface area contributed by atoms with Gasteiger partial charge < -0.3 is 4.74 Å². The average molecular weight is 412 g/mol. The molecule has 0 atom stereocenters. The largest absolute Gasteiger partial charge is 0.453 e. The second-order valence-electron chi connectivity index (χ2n) is 5.82. The van der Waals surface area contributed by atoms with Crippen LogP contribution in [0.5, 0.6) is 11.5 Å². The summed E-state index contributed by atoms with van der Waals surface area (Å²) in [6.45, 7) is 0. The van der Waals surface area contributed by atoms with Crippen molar-refractivity contribution in [3.63, 3.8) is 0 Å². The van der Waals surface area contributed by atoms with Crippen LogP contribution in [-0.4, -0.2) is 25.9 Å². The highest BCUT2D eigenvalue weighted by Gasteiger charge is 2.16. The number of hydrogen-bond acceptors (Lipinski definition) is 6. The molecule has 0 fully saturated rings. The quantitative estimate of drug-likeness (QED) is 0.517. The van der Waals surface area contributed by atoms with Crippen LogP contribution in [0.1, 0.15) is 10.4 Å². The van der Waals surface area contributed by atoms with Crippen molar-refractivity contribution in [1.29, 1.82) is 0 Å². The Hall–Kier alpha value is -3.23. The number of benzene rings is 2. The number of aromatic nitrogens is 4. The van der Waals surface area contributed by atoms with E-state index in [2.05, 4.69) is 20.6 Å². The Bertz CT molecular complexity index is 1140. The highest BCUT2D eigenvalue weighted by atomic mass is 35.5. The van der Waals surface area contributed by atoms with E-state index < -0.39 is 0 Å². The molecule has 0 saturated carbocycles. The molecule has 0 radical (unpaired) electrons. The molecule has 1 N–H and O–H groups in total. The van der Waals surface area contributed by atoms with Gasteiger partial charge in [0.1, 0.15) is 10.8 Å². The number of anilines is 1. The molecule has 7 nitrogen and oxygen atoms in total. The predicted octanol–water partition coefficient (Wildman–Crippen LogP) is 4.64. The first-order valence-corrected chi connectivity index (χ1v) is 9.44. The molecule has 0 bridgehead atoms. The van der Waals surface area contributed by atoms with Crippen LogP contribution in [0.3, 0.4) is 0 Å². The summed E-state index contributed by atoms with van der Waals surface area (Å²) in [5, 5.41) is 16.6. The fourth-order valence-electron chi connectivity index (χ4n) is 2.50. The van der Waals surface area contributed by atoms with Crippen molar-refractivity contribution in [2.45, 2.75) is 0 Å². The van der Waals surface area contributed by atoms with Gasteiger partial charge in [-0.1, -0.05) is 47.2 Å². The average Bonchev–Trinajstić information content (AvgIpc) is 3.31. The van der Waals surface area contributed by atoms with E-state index in [-0.39, 0.29) is 5.91 Å². The van der Waals surface area contributed by atoms with E-state index >= 15 is 0 Å². The summed E-state index contributed by atoms with van der Waals surface area (Å²) >= 11 is 7.28. The summed E-state index contributed by atoms with van der Waals surface area (Å²) in [4.78, 5) is 12.7. The first kappa shape index (κ1) is 18.1. The molecule has 0 aliphatic heterocycles. The smallest absolute Gasteiger partial charge is 0.261 e. The molecule has 0 aliphatic carbocycles. The summed E-state index contributed by atoms with van der Waals surface area (Å²) in [6.07, 6.45) is 3.30. The zero-order chi connectivity index (χ0) is 19.5. The van der Waals surface area contributed by atoms with Crippen LogP contribution in [0, 0.1) is 0 Å². The summed E-state index contributed by atoms with van der Waals surface area (Å²) < 4.78 is 7.41. The lowest BCUT2D eigenvalue weighted by Crippen LogP contribution is -2.12. The minimum atomic E-state index is -0.340. The second kappa shape index (κ2) is 7.79. The maximum Gasteiger partial charge on any atom is 0.261 e. The fourth-order valence-corrected chi connectivity index (χ4v) is 3.42. The van der Waals surface area contributed by atoms with Crippen LogP contribution < -0.4 is 10.1 Å². The number of para-hydroxylation sites is 1. The predicted molar refractivity (Wildman–Crippen MR) is 108 cm³/mol. The number of ether oxygens (including phenoxy) is 1. The van der Waals surface area contributed by atoms with Gasteiger partial charge in [0, 0.05) is 17.6 Å². The zero-order valence-electron chi connectivity index (χ0n) is 14.7. The van der Waals surface area contributed by atoms with Crippen LogP contribution in [0.25, 0.3) is 10.6 Å². The van der Waals surface area contributed by atoms with Gasteiger partial charge >= 0.3 is 0 Å². The lowest BCUT2D eigenvalue weighted by molar-refractivity contribution is 0.102. The van der Waals surface area contributed by atoms with E-state index in [1.54, 1.807) is 60.5 Å². The first-order chi connectivity index (χ1) is 13.6. The third-order valence-corrected chi connectivity index (χ3v) is 4.88. The van der Waals surface area contributed by atoms with Crippen LogP contribution >= 0.6 is 22.9 Å². The van der Waals surface area contributed by atoms with Gasteiger partial charge in [-0.2, -0.15) is 5.10 Å². The highest BCUT2D eigenvalue weighted by Crippen LogP contribution is 2.29. The molecular weight excluding hydrogens is 398 g/mol. The van der Waals surface area contributed by atoms with Gasteiger partial charge in [-0.3, -0.25) is 14.8 Å². The fraction of sp³-hybridized carbons (Fsp3) is 0.0526. The van der Waals surface area contributed by atoms with E-state index in [4.69, 9.17) is 16.3 Å². The number of carbonyl (C=O) groups is 1. The maximum absolute atomic E-state index is 12.7. The number of hydrogen-bond donors (Lipinski definition) is 1. The van der Waals surface area contributed by atoms with Gasteiger partial charge in [-0.15, -0.1) is 10.2 Å². The Morgan fingerprint density at radius 2 is 2.04 bits per heavy atom. The topological polar surface area (TPSA) is 81.9 Å². The molecule has 0 unspecified atom stereocenters. The van der Waals surface area contributed by atoms with Gasteiger partial charge in [0.05, 0.1) is 18.0 Å². The van der Waals surface area contributed by atoms with Gasteiger partial charge in [-0.05, 0) is 24.3 Å². The zero-order valence-corrected chi connectivity index (χ0v) is 16.2. The van der Waals surface area contributed by atoms with Crippen LogP contribution in [0.15, 0.2) is 60.9 Å². The maximum atomic E-state index is 12.7. The number of nitrogens with zero attached hydrogens (tertiary/aromatic N) is 4. The monoisotopic (exact) mass is 411 g/mol. The van der Waals surface area contributed by atoms with E-state index in [0.717, 1.165) is 5.56 Å². The number of halogens is 1. The minimum absolute atomic E-state index is 0.340. The van der Waals surface area contributed by atoms with Crippen LogP contribution in [-0.2, 0) is 7.05 Å². The SMILES string of the molecule is Cn1cc(Oc2ccccc2C(=O)Nc2nnc(-c3cccc(Cl)c3)s2)cn1. The molecular formula is C19H14ClN5O2S. The normalized spacial score (nSPS) is 10.6. The molecule has 140 valence electrons. The Balaban J connectivity index is 1.53. The molecule has 0 spiro atoms. The van der Waals surface area contributed by atoms with Gasteiger partial charge in [0.15, 0.2) is 5.75 Å². The number of rotatable bonds is 5. The second-order valence-corrected chi connectivity index (χ2v) is 7.24. The molecule has 28 heavy (non-hydrogen) atoms. The van der Waals surface area contributed by atoms with Crippen LogP contribution in [0.2, 0.25) is 5.02 Å². The third-order valence-electron chi connectivity index (χ3n) is 3.76. The third kappa shape index (κ3) is 4.03. The van der Waals surface area contributed by atoms with Gasteiger partial charge in [0.25, 0.3) is 5.91 Å². The van der Waals surface area contributed by atoms with E-state index in [9.17, 15) is 4.79 Å². The Morgan fingerprint density at radius 3 is 2.82 bits per heavy atom. The van der Waals surface area contributed by atoms with Crippen molar-refractivity contribution < 1.29 is 9.53 Å². The lowest BCUT2D eigenvalue weighted by atomic mass is 10.2. The first-order valence-electron chi connectivity index (χ1n) is 8.25. The Labute approximate surface area is 169 Å². The molecule has 2 aromatic heterocycles. The number of nitrogens with one attached hydrogen (secondary N) is 1.